The Hall–Kier alpha value is -0.0400. The zero-order valence-corrected chi connectivity index (χ0v) is 16.4. The molecule has 1 heteroatoms. The van der Waals surface area contributed by atoms with E-state index in [1.165, 1.54) is 57.8 Å². The smallest absolute Gasteiger partial charge is 0.0713 e. The summed E-state index contributed by atoms with van der Waals surface area (Å²) in [5.74, 6) is 4.33. The summed E-state index contributed by atoms with van der Waals surface area (Å²) in [4.78, 5) is 0. The maximum absolute atomic E-state index is 6.76. The van der Waals surface area contributed by atoms with E-state index in [1.54, 1.807) is 0 Å². The molecule has 0 N–H and O–H groups in total. The molecule has 3 fully saturated rings. The van der Waals surface area contributed by atoms with Gasteiger partial charge in [-0.05, 0) is 74.0 Å². The molecule has 1 heterocycles. The molecule has 23 heavy (non-hydrogen) atoms. The van der Waals surface area contributed by atoms with Crippen molar-refractivity contribution in [2.75, 3.05) is 6.61 Å². The highest BCUT2D eigenvalue weighted by Crippen LogP contribution is 2.62. The highest BCUT2D eigenvalue weighted by Gasteiger charge is 2.59. The van der Waals surface area contributed by atoms with Gasteiger partial charge in [0.1, 0.15) is 0 Å². The highest BCUT2D eigenvalue weighted by molar-refractivity contribution is 5.08. The molecule has 2 saturated carbocycles. The first kappa shape index (κ1) is 17.8. The van der Waals surface area contributed by atoms with Crippen molar-refractivity contribution in [2.24, 2.45) is 35.0 Å². The molecule has 1 aliphatic heterocycles. The largest absolute Gasteiger partial charge is 0.374 e. The van der Waals surface area contributed by atoms with Gasteiger partial charge in [0.2, 0.25) is 0 Å². The summed E-state index contributed by atoms with van der Waals surface area (Å²) < 4.78 is 6.76. The van der Waals surface area contributed by atoms with Gasteiger partial charge in [-0.2, -0.15) is 0 Å². The molecule has 134 valence electrons. The lowest BCUT2D eigenvalue weighted by atomic mass is 9.51. The fourth-order valence-electron chi connectivity index (χ4n) is 7.00. The van der Waals surface area contributed by atoms with Gasteiger partial charge in [0, 0.05) is 0 Å². The summed E-state index contributed by atoms with van der Waals surface area (Å²) in [6.07, 6.45) is 12.6. The van der Waals surface area contributed by atoms with Crippen molar-refractivity contribution in [3.8, 4) is 0 Å². The minimum Gasteiger partial charge on any atom is -0.374 e. The molecular formula is C22H40O. The van der Waals surface area contributed by atoms with Gasteiger partial charge in [-0.15, -0.1) is 0 Å². The van der Waals surface area contributed by atoms with E-state index in [1.807, 2.05) is 0 Å². The second-order valence-corrected chi connectivity index (χ2v) is 9.33. The van der Waals surface area contributed by atoms with E-state index in [9.17, 15) is 0 Å². The van der Waals surface area contributed by atoms with Gasteiger partial charge in [0.05, 0.1) is 12.2 Å². The van der Waals surface area contributed by atoms with Crippen LogP contribution >= 0.6 is 0 Å². The molecule has 0 aromatic heterocycles. The molecule has 0 radical (unpaired) electrons. The number of hydrogen-bond acceptors (Lipinski definition) is 1. The van der Waals surface area contributed by atoms with E-state index in [4.69, 9.17) is 4.74 Å². The van der Waals surface area contributed by atoms with Crippen LogP contribution in [0.15, 0.2) is 0 Å². The van der Waals surface area contributed by atoms with Crippen molar-refractivity contribution in [2.45, 2.75) is 98.0 Å². The van der Waals surface area contributed by atoms with Crippen LogP contribution in [-0.4, -0.2) is 12.2 Å². The predicted octanol–water partition coefficient (Wildman–Crippen LogP) is 6.46. The van der Waals surface area contributed by atoms with Crippen LogP contribution in [0.5, 0.6) is 0 Å². The van der Waals surface area contributed by atoms with Crippen molar-refractivity contribution in [3.63, 3.8) is 0 Å². The van der Waals surface area contributed by atoms with E-state index < -0.39 is 0 Å². The van der Waals surface area contributed by atoms with Gasteiger partial charge < -0.3 is 4.74 Å². The van der Waals surface area contributed by atoms with Crippen LogP contribution in [0, 0.1) is 35.0 Å². The minimum absolute atomic E-state index is 0.198. The Morgan fingerprint density at radius 1 is 0.913 bits per heavy atom. The summed E-state index contributed by atoms with van der Waals surface area (Å²) in [5, 5.41) is 0. The Labute approximate surface area is 144 Å². The maximum atomic E-state index is 6.76. The molecule has 3 rings (SSSR count). The lowest BCUT2D eigenvalue weighted by Gasteiger charge is -2.58. The van der Waals surface area contributed by atoms with Gasteiger partial charge in [0.25, 0.3) is 0 Å². The highest BCUT2D eigenvalue weighted by atomic mass is 16.5. The predicted molar refractivity (Wildman–Crippen MR) is 98.5 cm³/mol. The zero-order chi connectivity index (χ0) is 16.7. The van der Waals surface area contributed by atoms with E-state index in [-0.39, 0.29) is 5.60 Å². The molecule has 0 amide bonds. The van der Waals surface area contributed by atoms with E-state index in [0.29, 0.717) is 5.41 Å². The van der Waals surface area contributed by atoms with Crippen molar-refractivity contribution in [1.82, 2.24) is 0 Å². The number of ether oxygens (including phenoxy) is 1. The molecule has 2 aliphatic carbocycles. The SMILES string of the molecule is CCCCC1CCC2C3CCC(CC)C(C)(CC)C3COC12C. The molecule has 1 nitrogen and oxygen atoms in total. The Morgan fingerprint density at radius 3 is 2.30 bits per heavy atom. The van der Waals surface area contributed by atoms with E-state index >= 15 is 0 Å². The third-order valence-corrected chi connectivity index (χ3v) is 8.77. The van der Waals surface area contributed by atoms with Crippen LogP contribution < -0.4 is 0 Å². The first-order chi connectivity index (χ1) is 11.0. The molecule has 0 spiro atoms. The summed E-state index contributed by atoms with van der Waals surface area (Å²) in [6, 6.07) is 0. The second kappa shape index (κ2) is 6.70. The average Bonchev–Trinajstić information content (AvgIpc) is 2.89. The molecule has 0 aromatic carbocycles. The molecule has 0 bridgehead atoms. The van der Waals surface area contributed by atoms with Crippen LogP contribution in [0.25, 0.3) is 0 Å². The lowest BCUT2D eigenvalue weighted by Crippen LogP contribution is -2.57. The van der Waals surface area contributed by atoms with Crippen LogP contribution in [-0.2, 0) is 4.74 Å². The summed E-state index contributed by atoms with van der Waals surface area (Å²) in [7, 11) is 0. The first-order valence-electron chi connectivity index (χ1n) is 10.6. The maximum Gasteiger partial charge on any atom is 0.0713 e. The van der Waals surface area contributed by atoms with Crippen molar-refractivity contribution in [1.29, 1.82) is 0 Å². The third-order valence-electron chi connectivity index (χ3n) is 8.77. The topological polar surface area (TPSA) is 9.23 Å². The molecule has 1 saturated heterocycles. The Bertz CT molecular complexity index is 405. The van der Waals surface area contributed by atoms with Crippen molar-refractivity contribution >= 4 is 0 Å². The van der Waals surface area contributed by atoms with Crippen LogP contribution in [0.2, 0.25) is 0 Å². The number of hydrogen-bond donors (Lipinski definition) is 0. The minimum atomic E-state index is 0.198. The average molecular weight is 321 g/mol. The number of unbranched alkanes of at least 4 members (excludes halogenated alkanes) is 1. The third kappa shape index (κ3) is 2.70. The lowest BCUT2D eigenvalue weighted by molar-refractivity contribution is -0.208. The molecule has 7 unspecified atom stereocenters. The first-order valence-corrected chi connectivity index (χ1v) is 10.6. The second-order valence-electron chi connectivity index (χ2n) is 9.33. The standard InChI is InChI=1S/C22H40O/c1-6-9-10-17-12-14-19-18-13-11-16(7-2)21(4,8-3)20(18)15-23-22(17,19)5/h16-20H,6-15H2,1-5H3. The normalized spacial score (nSPS) is 49.7. The van der Waals surface area contributed by atoms with Crippen LogP contribution in [0.3, 0.4) is 0 Å². The Kier molecular flexibility index (Phi) is 5.17. The summed E-state index contributed by atoms with van der Waals surface area (Å²) >= 11 is 0. The van der Waals surface area contributed by atoms with Gasteiger partial charge >= 0.3 is 0 Å². The molecule has 3 aliphatic rings. The van der Waals surface area contributed by atoms with Gasteiger partial charge in [-0.1, -0.05) is 53.4 Å². The summed E-state index contributed by atoms with van der Waals surface area (Å²) in [6.45, 7) is 13.3. The fraction of sp³-hybridized carbons (Fsp3) is 1.00. The number of fused-ring (bicyclic) bond motifs is 3. The molecule has 0 aromatic rings. The van der Waals surface area contributed by atoms with Crippen molar-refractivity contribution < 1.29 is 4.74 Å². The van der Waals surface area contributed by atoms with E-state index in [0.717, 1.165) is 36.2 Å². The van der Waals surface area contributed by atoms with Gasteiger partial charge in [0.15, 0.2) is 0 Å². The van der Waals surface area contributed by atoms with Gasteiger partial charge in [-0.25, -0.2) is 0 Å². The molecule has 7 atom stereocenters. The monoisotopic (exact) mass is 320 g/mol. The Morgan fingerprint density at radius 2 is 1.65 bits per heavy atom. The van der Waals surface area contributed by atoms with Gasteiger partial charge in [-0.3, -0.25) is 0 Å². The number of rotatable bonds is 5. The molecular weight excluding hydrogens is 280 g/mol. The van der Waals surface area contributed by atoms with Crippen LogP contribution in [0.4, 0.5) is 0 Å². The van der Waals surface area contributed by atoms with Crippen molar-refractivity contribution in [3.05, 3.63) is 0 Å². The van der Waals surface area contributed by atoms with E-state index in [2.05, 4.69) is 34.6 Å². The quantitative estimate of drug-likeness (QED) is 0.565. The zero-order valence-electron chi connectivity index (χ0n) is 16.4. The Balaban J connectivity index is 1.81. The van der Waals surface area contributed by atoms with Crippen LogP contribution in [0.1, 0.15) is 92.4 Å². The summed E-state index contributed by atoms with van der Waals surface area (Å²) in [5.41, 5.74) is 0.713. The fourth-order valence-corrected chi connectivity index (χ4v) is 7.00.